The molecular weight excluding hydrogens is 298 g/mol. The predicted molar refractivity (Wildman–Crippen MR) is 86.2 cm³/mol. The standard InChI is InChI=1S/C15H19N5OS/c1-10(21)20-4-2-11(3-5-20)6-12-7-18-13(8-17-12)14-9-19-15(16)22-14/h7-9,11H,2-6H2,1H3,(H2,16,19). The zero-order chi connectivity index (χ0) is 15.5. The Balaban J connectivity index is 1.59. The number of nitrogens with zero attached hydrogens (tertiary/aromatic N) is 4. The summed E-state index contributed by atoms with van der Waals surface area (Å²) in [6, 6.07) is 0. The summed E-state index contributed by atoms with van der Waals surface area (Å²) in [4.78, 5) is 27.2. The minimum atomic E-state index is 0.173. The molecule has 1 aliphatic heterocycles. The molecule has 0 atom stereocenters. The molecule has 6 nitrogen and oxygen atoms in total. The Morgan fingerprint density at radius 2 is 2.05 bits per heavy atom. The van der Waals surface area contributed by atoms with E-state index in [2.05, 4.69) is 15.0 Å². The van der Waals surface area contributed by atoms with Crippen molar-refractivity contribution in [1.82, 2.24) is 19.9 Å². The molecule has 1 saturated heterocycles. The first-order chi connectivity index (χ1) is 10.6. The van der Waals surface area contributed by atoms with Gasteiger partial charge in [0.1, 0.15) is 5.69 Å². The summed E-state index contributed by atoms with van der Waals surface area (Å²) in [6.45, 7) is 3.34. The zero-order valence-electron chi connectivity index (χ0n) is 12.5. The second-order valence-corrected chi connectivity index (χ2v) is 6.67. The van der Waals surface area contributed by atoms with Crippen molar-refractivity contribution in [2.75, 3.05) is 18.8 Å². The van der Waals surface area contributed by atoms with Crippen molar-refractivity contribution >= 4 is 22.4 Å². The van der Waals surface area contributed by atoms with Gasteiger partial charge in [0, 0.05) is 32.4 Å². The number of nitrogens with two attached hydrogens (primary N) is 1. The lowest BCUT2D eigenvalue weighted by atomic mass is 9.92. The van der Waals surface area contributed by atoms with Crippen LogP contribution in [0, 0.1) is 5.92 Å². The summed E-state index contributed by atoms with van der Waals surface area (Å²) in [5.41, 5.74) is 7.45. The number of likely N-dealkylation sites (tertiary alicyclic amines) is 1. The molecule has 1 fully saturated rings. The number of hydrogen-bond donors (Lipinski definition) is 1. The predicted octanol–water partition coefficient (Wildman–Crippen LogP) is 1.98. The Labute approximate surface area is 133 Å². The zero-order valence-corrected chi connectivity index (χ0v) is 13.3. The van der Waals surface area contributed by atoms with E-state index in [1.54, 1.807) is 19.3 Å². The van der Waals surface area contributed by atoms with Gasteiger partial charge in [-0.25, -0.2) is 4.98 Å². The van der Waals surface area contributed by atoms with E-state index >= 15 is 0 Å². The van der Waals surface area contributed by atoms with Crippen LogP contribution in [0.5, 0.6) is 0 Å². The molecule has 22 heavy (non-hydrogen) atoms. The van der Waals surface area contributed by atoms with Gasteiger partial charge in [0.15, 0.2) is 5.13 Å². The van der Waals surface area contributed by atoms with Crippen LogP contribution in [-0.2, 0) is 11.2 Å². The quantitative estimate of drug-likeness (QED) is 0.935. The molecule has 3 heterocycles. The normalized spacial score (nSPS) is 16.0. The summed E-state index contributed by atoms with van der Waals surface area (Å²) < 4.78 is 0. The largest absolute Gasteiger partial charge is 0.375 e. The Morgan fingerprint density at radius 1 is 1.27 bits per heavy atom. The lowest BCUT2D eigenvalue weighted by Crippen LogP contribution is -2.37. The maximum Gasteiger partial charge on any atom is 0.219 e. The van der Waals surface area contributed by atoms with Gasteiger partial charge in [-0.15, -0.1) is 0 Å². The molecule has 0 bridgehead atoms. The van der Waals surface area contributed by atoms with E-state index in [-0.39, 0.29) is 5.91 Å². The van der Waals surface area contributed by atoms with Crippen LogP contribution >= 0.6 is 11.3 Å². The van der Waals surface area contributed by atoms with Crippen molar-refractivity contribution in [3.05, 3.63) is 24.3 Å². The first kappa shape index (κ1) is 14.9. The van der Waals surface area contributed by atoms with Gasteiger partial charge in [-0.3, -0.25) is 14.8 Å². The summed E-state index contributed by atoms with van der Waals surface area (Å²) in [6.07, 6.45) is 8.34. The number of hydrogen-bond acceptors (Lipinski definition) is 6. The lowest BCUT2D eigenvalue weighted by Gasteiger charge is -2.31. The molecule has 116 valence electrons. The van der Waals surface area contributed by atoms with Crippen LogP contribution in [0.2, 0.25) is 0 Å². The maximum atomic E-state index is 11.3. The van der Waals surface area contributed by atoms with Crippen molar-refractivity contribution in [2.45, 2.75) is 26.2 Å². The number of carbonyl (C=O) groups is 1. The van der Waals surface area contributed by atoms with Crippen LogP contribution in [0.15, 0.2) is 18.6 Å². The SMILES string of the molecule is CC(=O)N1CCC(Cc2cnc(-c3cnc(N)s3)cn2)CC1. The van der Waals surface area contributed by atoms with Crippen molar-refractivity contribution in [2.24, 2.45) is 5.92 Å². The van der Waals surface area contributed by atoms with E-state index in [0.29, 0.717) is 11.0 Å². The third kappa shape index (κ3) is 3.41. The van der Waals surface area contributed by atoms with Crippen LogP contribution in [0.25, 0.3) is 10.6 Å². The topological polar surface area (TPSA) is 85.0 Å². The molecular formula is C15H19N5OS. The van der Waals surface area contributed by atoms with Gasteiger partial charge >= 0.3 is 0 Å². The third-order valence-electron chi connectivity index (χ3n) is 4.04. The summed E-state index contributed by atoms with van der Waals surface area (Å²) in [7, 11) is 0. The van der Waals surface area contributed by atoms with E-state index < -0.39 is 0 Å². The molecule has 0 spiro atoms. The fourth-order valence-electron chi connectivity index (χ4n) is 2.74. The van der Waals surface area contributed by atoms with Crippen LogP contribution in [0.1, 0.15) is 25.5 Å². The van der Waals surface area contributed by atoms with E-state index in [1.807, 2.05) is 11.1 Å². The molecule has 7 heteroatoms. The Morgan fingerprint density at radius 3 is 2.59 bits per heavy atom. The molecule has 0 saturated carbocycles. The second kappa shape index (κ2) is 6.39. The lowest BCUT2D eigenvalue weighted by molar-refractivity contribution is -0.130. The smallest absolute Gasteiger partial charge is 0.219 e. The highest BCUT2D eigenvalue weighted by atomic mass is 32.1. The number of nitrogen functional groups attached to an aromatic ring is 1. The molecule has 2 aromatic rings. The highest BCUT2D eigenvalue weighted by Gasteiger charge is 2.21. The van der Waals surface area contributed by atoms with E-state index in [1.165, 1.54) is 11.3 Å². The first-order valence-corrected chi connectivity index (χ1v) is 8.21. The van der Waals surface area contributed by atoms with Gasteiger partial charge in [0.25, 0.3) is 0 Å². The number of amides is 1. The fourth-order valence-corrected chi connectivity index (χ4v) is 3.39. The summed E-state index contributed by atoms with van der Waals surface area (Å²) >= 11 is 1.41. The van der Waals surface area contributed by atoms with Crippen molar-refractivity contribution < 1.29 is 4.79 Å². The van der Waals surface area contributed by atoms with Crippen LogP contribution in [0.4, 0.5) is 5.13 Å². The number of rotatable bonds is 3. The Kier molecular flexibility index (Phi) is 4.33. The molecule has 1 aliphatic rings. The Bertz CT molecular complexity index is 646. The molecule has 0 radical (unpaired) electrons. The maximum absolute atomic E-state index is 11.3. The molecule has 0 aromatic carbocycles. The minimum Gasteiger partial charge on any atom is -0.375 e. The Hall–Kier alpha value is -2.02. The van der Waals surface area contributed by atoms with Gasteiger partial charge < -0.3 is 10.6 Å². The fraction of sp³-hybridized carbons (Fsp3) is 0.467. The summed E-state index contributed by atoms with van der Waals surface area (Å²) in [5.74, 6) is 0.751. The van der Waals surface area contributed by atoms with Crippen LogP contribution < -0.4 is 5.73 Å². The average Bonchev–Trinajstić information content (AvgIpc) is 2.95. The minimum absolute atomic E-state index is 0.173. The van der Waals surface area contributed by atoms with Crippen LogP contribution in [-0.4, -0.2) is 38.8 Å². The molecule has 2 N–H and O–H groups in total. The van der Waals surface area contributed by atoms with Gasteiger partial charge in [-0.05, 0) is 25.2 Å². The molecule has 0 unspecified atom stereocenters. The van der Waals surface area contributed by atoms with E-state index in [9.17, 15) is 4.79 Å². The van der Waals surface area contributed by atoms with E-state index in [4.69, 9.17) is 5.73 Å². The third-order valence-corrected chi connectivity index (χ3v) is 4.89. The first-order valence-electron chi connectivity index (χ1n) is 7.40. The number of aromatic nitrogens is 3. The van der Waals surface area contributed by atoms with E-state index in [0.717, 1.165) is 48.6 Å². The van der Waals surface area contributed by atoms with Gasteiger partial charge in [-0.2, -0.15) is 0 Å². The summed E-state index contributed by atoms with van der Waals surface area (Å²) in [5, 5.41) is 0.540. The highest BCUT2D eigenvalue weighted by molar-refractivity contribution is 7.18. The monoisotopic (exact) mass is 317 g/mol. The average molecular weight is 317 g/mol. The van der Waals surface area contributed by atoms with Gasteiger partial charge in [0.2, 0.25) is 5.91 Å². The van der Waals surface area contributed by atoms with Crippen molar-refractivity contribution in [3.63, 3.8) is 0 Å². The molecule has 3 rings (SSSR count). The molecule has 2 aromatic heterocycles. The molecule has 0 aliphatic carbocycles. The number of carbonyl (C=O) groups excluding carboxylic acids is 1. The second-order valence-electron chi connectivity index (χ2n) is 5.61. The van der Waals surface area contributed by atoms with Crippen molar-refractivity contribution in [1.29, 1.82) is 0 Å². The number of piperidine rings is 1. The van der Waals surface area contributed by atoms with Crippen LogP contribution in [0.3, 0.4) is 0 Å². The van der Waals surface area contributed by atoms with Crippen molar-refractivity contribution in [3.8, 4) is 10.6 Å². The number of thiazole rings is 1. The molecule has 1 amide bonds. The number of anilines is 1. The van der Waals surface area contributed by atoms with Gasteiger partial charge in [0.05, 0.1) is 16.8 Å². The van der Waals surface area contributed by atoms with Gasteiger partial charge in [-0.1, -0.05) is 11.3 Å². The highest BCUT2D eigenvalue weighted by Crippen LogP contribution is 2.26.